The third-order valence-corrected chi connectivity index (χ3v) is 5.66. The lowest BCUT2D eigenvalue weighted by atomic mass is 9.89. The van der Waals surface area contributed by atoms with Crippen LogP contribution in [0.1, 0.15) is 85.6 Å². The molecule has 0 aliphatic carbocycles. The van der Waals surface area contributed by atoms with E-state index in [1.54, 1.807) is 24.3 Å². The topological polar surface area (TPSA) is 65.2 Å². The molecule has 0 unspecified atom stereocenters. The minimum absolute atomic E-state index is 0.0115. The Labute approximate surface area is 180 Å². The second-order valence-electron chi connectivity index (χ2n) is 9.63. The van der Waals surface area contributed by atoms with E-state index in [1.165, 1.54) is 5.56 Å². The third-order valence-electron chi connectivity index (χ3n) is 5.66. The molecule has 2 N–H and O–H groups in total. The highest BCUT2D eigenvalue weighted by atomic mass is 16.2. The summed E-state index contributed by atoms with van der Waals surface area (Å²) in [5, 5.41) is 2.94. The molecule has 162 valence electrons. The Morgan fingerprint density at radius 1 is 1.13 bits per heavy atom. The van der Waals surface area contributed by atoms with Crippen LogP contribution in [0.5, 0.6) is 0 Å². The van der Waals surface area contributed by atoms with E-state index in [1.807, 2.05) is 19.2 Å². The molecule has 0 radical (unpaired) electrons. The number of aromatic amines is 1. The second-order valence-corrected chi connectivity index (χ2v) is 9.63. The molecular formula is C25H35N3O2. The number of hydrogen-bond donors (Lipinski definition) is 2. The Hall–Kier alpha value is -2.40. The van der Waals surface area contributed by atoms with Crippen LogP contribution in [-0.4, -0.2) is 41.2 Å². The number of nitrogens with zero attached hydrogens (tertiary/aromatic N) is 1. The summed E-state index contributed by atoms with van der Waals surface area (Å²) in [6.45, 7) is 12.2. The van der Waals surface area contributed by atoms with Gasteiger partial charge >= 0.3 is 0 Å². The fourth-order valence-corrected chi connectivity index (χ4v) is 4.29. The smallest absolute Gasteiger partial charge is 0.257 e. The van der Waals surface area contributed by atoms with E-state index >= 15 is 0 Å². The molecule has 30 heavy (non-hydrogen) atoms. The highest BCUT2D eigenvalue weighted by Gasteiger charge is 2.25. The van der Waals surface area contributed by atoms with Gasteiger partial charge in [0, 0.05) is 24.7 Å². The molecule has 2 heterocycles. The first-order valence-corrected chi connectivity index (χ1v) is 11.1. The van der Waals surface area contributed by atoms with Gasteiger partial charge in [-0.05, 0) is 61.4 Å². The molecule has 5 heteroatoms. The van der Waals surface area contributed by atoms with Crippen LogP contribution in [-0.2, 0) is 0 Å². The quantitative estimate of drug-likeness (QED) is 0.596. The van der Waals surface area contributed by atoms with Crippen LogP contribution in [0, 0.1) is 5.41 Å². The van der Waals surface area contributed by atoms with Crippen molar-refractivity contribution in [1.29, 1.82) is 0 Å². The van der Waals surface area contributed by atoms with Gasteiger partial charge in [-0.1, -0.05) is 45.9 Å². The highest BCUT2D eigenvalue weighted by Crippen LogP contribution is 2.31. The summed E-state index contributed by atoms with van der Waals surface area (Å²) in [6, 6.07) is 9.09. The molecule has 1 aromatic heterocycles. The van der Waals surface area contributed by atoms with Gasteiger partial charge in [-0.2, -0.15) is 0 Å². The van der Waals surface area contributed by atoms with E-state index < -0.39 is 0 Å². The maximum absolute atomic E-state index is 12.8. The van der Waals surface area contributed by atoms with Crippen molar-refractivity contribution in [1.82, 2.24) is 9.88 Å². The molecular weight excluding hydrogens is 374 g/mol. The number of aromatic nitrogens is 1. The molecule has 1 fully saturated rings. The van der Waals surface area contributed by atoms with Gasteiger partial charge in [0.25, 0.3) is 5.91 Å². The van der Waals surface area contributed by atoms with Gasteiger partial charge in [-0.3, -0.25) is 9.59 Å². The van der Waals surface area contributed by atoms with Gasteiger partial charge in [-0.15, -0.1) is 0 Å². The first-order valence-electron chi connectivity index (χ1n) is 11.1. The van der Waals surface area contributed by atoms with Crippen LogP contribution in [0.3, 0.4) is 0 Å². The molecule has 1 amide bonds. The first kappa shape index (κ1) is 22.3. The Bertz CT molecular complexity index is 871. The van der Waals surface area contributed by atoms with Gasteiger partial charge in [-0.25, -0.2) is 0 Å². The summed E-state index contributed by atoms with van der Waals surface area (Å²) in [5.41, 5.74) is 2.50. The van der Waals surface area contributed by atoms with Gasteiger partial charge < -0.3 is 15.2 Å². The average molecular weight is 410 g/mol. The van der Waals surface area contributed by atoms with E-state index in [2.05, 4.69) is 36.0 Å². The minimum Gasteiger partial charge on any atom is -0.348 e. The maximum Gasteiger partial charge on any atom is 0.257 e. The highest BCUT2D eigenvalue weighted by molar-refractivity contribution is 6.12. The molecule has 0 atom stereocenters. The summed E-state index contributed by atoms with van der Waals surface area (Å²) < 4.78 is 0. The summed E-state index contributed by atoms with van der Waals surface area (Å²) in [7, 11) is 0. The van der Waals surface area contributed by atoms with E-state index in [4.69, 9.17) is 0 Å². The zero-order chi connectivity index (χ0) is 21.7. The van der Waals surface area contributed by atoms with Crippen molar-refractivity contribution >= 4 is 17.5 Å². The van der Waals surface area contributed by atoms with Crippen LogP contribution in [0.15, 0.2) is 36.5 Å². The van der Waals surface area contributed by atoms with Gasteiger partial charge in [0.15, 0.2) is 5.78 Å². The Morgan fingerprint density at radius 2 is 1.80 bits per heavy atom. The number of amides is 1. The van der Waals surface area contributed by atoms with Crippen molar-refractivity contribution in [3.8, 4) is 0 Å². The molecule has 0 spiro atoms. The molecule has 5 nitrogen and oxygen atoms in total. The number of hydrogen-bond acceptors (Lipinski definition) is 3. The Balaban J connectivity index is 1.62. The largest absolute Gasteiger partial charge is 0.348 e. The number of carbonyl (C=O) groups is 2. The molecule has 1 aromatic carbocycles. The number of ketones is 1. The predicted molar refractivity (Wildman–Crippen MR) is 122 cm³/mol. The van der Waals surface area contributed by atoms with E-state index in [0.717, 1.165) is 38.9 Å². The summed E-state index contributed by atoms with van der Waals surface area (Å²) in [4.78, 5) is 30.9. The number of Topliss-reactive ketones (excluding diaryl/α,β-unsaturated/α-hetero) is 1. The van der Waals surface area contributed by atoms with Crippen molar-refractivity contribution in [3.05, 3.63) is 53.2 Å². The van der Waals surface area contributed by atoms with Crippen molar-refractivity contribution in [2.24, 2.45) is 5.41 Å². The van der Waals surface area contributed by atoms with Gasteiger partial charge in [0.1, 0.15) is 5.82 Å². The molecule has 0 saturated carbocycles. The third kappa shape index (κ3) is 5.82. The standard InChI is InChI=1S/C25H35N3O2/c1-5-8-22(29)20-9-6-7-10-21(20)24(30)27-23-15-19(16-26-23)18-11-13-28(14-12-18)17-25(2,3)4/h6-7,9-10,15-16,18,26H,5,8,11-14,17H2,1-4H3,(H,27,30). The summed E-state index contributed by atoms with van der Waals surface area (Å²) >= 11 is 0. The van der Waals surface area contributed by atoms with Gasteiger partial charge in [0.2, 0.25) is 0 Å². The number of likely N-dealkylation sites (tertiary alicyclic amines) is 1. The number of rotatable bonds is 7. The van der Waals surface area contributed by atoms with Crippen molar-refractivity contribution in [2.45, 2.75) is 59.3 Å². The number of anilines is 1. The number of carbonyl (C=O) groups excluding carboxylic acids is 2. The number of H-pyrrole nitrogens is 1. The van der Waals surface area contributed by atoms with E-state index in [-0.39, 0.29) is 11.7 Å². The normalized spacial score (nSPS) is 15.9. The van der Waals surface area contributed by atoms with Crippen LogP contribution in [0.4, 0.5) is 5.82 Å². The fraction of sp³-hybridized carbons (Fsp3) is 0.520. The lowest BCUT2D eigenvalue weighted by Gasteiger charge is -2.35. The van der Waals surface area contributed by atoms with Gasteiger partial charge in [0.05, 0.1) is 5.56 Å². The SMILES string of the molecule is CCCC(=O)c1ccccc1C(=O)Nc1cc(C2CCN(CC(C)(C)C)CC2)c[nH]1. The average Bonchev–Trinajstić information content (AvgIpc) is 3.16. The van der Waals surface area contributed by atoms with E-state index in [9.17, 15) is 9.59 Å². The lowest BCUT2D eigenvalue weighted by Crippen LogP contribution is -2.38. The van der Waals surface area contributed by atoms with Crippen LogP contribution < -0.4 is 5.32 Å². The van der Waals surface area contributed by atoms with Crippen LogP contribution >= 0.6 is 0 Å². The zero-order valence-corrected chi connectivity index (χ0v) is 18.8. The van der Waals surface area contributed by atoms with E-state index in [0.29, 0.717) is 34.7 Å². The van der Waals surface area contributed by atoms with Crippen molar-refractivity contribution < 1.29 is 9.59 Å². The Kier molecular flexibility index (Phi) is 7.14. The zero-order valence-electron chi connectivity index (χ0n) is 18.8. The predicted octanol–water partition coefficient (Wildman–Crippen LogP) is 5.48. The molecule has 0 bridgehead atoms. The summed E-state index contributed by atoms with van der Waals surface area (Å²) in [6.07, 6.45) is 5.49. The summed E-state index contributed by atoms with van der Waals surface area (Å²) in [5.74, 6) is 0.965. The lowest BCUT2D eigenvalue weighted by molar-refractivity contribution is 0.0963. The van der Waals surface area contributed by atoms with Crippen molar-refractivity contribution in [3.63, 3.8) is 0 Å². The second kappa shape index (κ2) is 9.61. The van der Waals surface area contributed by atoms with Crippen LogP contribution in [0.2, 0.25) is 0 Å². The number of benzene rings is 1. The molecule has 1 aliphatic heterocycles. The Morgan fingerprint density at radius 3 is 2.43 bits per heavy atom. The van der Waals surface area contributed by atoms with Crippen molar-refractivity contribution in [2.75, 3.05) is 25.0 Å². The monoisotopic (exact) mass is 409 g/mol. The number of nitrogens with one attached hydrogen (secondary N) is 2. The fourth-order valence-electron chi connectivity index (χ4n) is 4.29. The minimum atomic E-state index is -0.247. The molecule has 1 saturated heterocycles. The molecule has 1 aliphatic rings. The first-order chi connectivity index (χ1) is 14.3. The maximum atomic E-state index is 12.8. The molecule has 2 aromatic rings. The number of piperidine rings is 1. The van der Waals surface area contributed by atoms with Crippen LogP contribution in [0.25, 0.3) is 0 Å². The molecule has 3 rings (SSSR count).